The first-order valence-electron chi connectivity index (χ1n) is 11.4. The first-order chi connectivity index (χ1) is 14.7. The van der Waals surface area contributed by atoms with Gasteiger partial charge in [0.2, 0.25) is 5.91 Å². The van der Waals surface area contributed by atoms with Crippen molar-refractivity contribution in [3.05, 3.63) is 24.3 Å². The first-order valence-corrected chi connectivity index (χ1v) is 11.4. The van der Waals surface area contributed by atoms with E-state index in [2.05, 4.69) is 46.4 Å². The zero-order valence-electron chi connectivity index (χ0n) is 18.7. The number of nitrogens with zero attached hydrogens (tertiary/aromatic N) is 3. The van der Waals surface area contributed by atoms with Gasteiger partial charge in [-0.15, -0.1) is 0 Å². The summed E-state index contributed by atoms with van der Waals surface area (Å²) in [6, 6.07) is 8.83. The molecule has 2 aliphatic heterocycles. The van der Waals surface area contributed by atoms with Crippen LogP contribution in [0.1, 0.15) is 46.0 Å². The molecule has 2 N–H and O–H groups in total. The summed E-state index contributed by atoms with van der Waals surface area (Å²) in [4.78, 5) is 21.3. The zero-order chi connectivity index (χ0) is 21.3. The van der Waals surface area contributed by atoms with E-state index < -0.39 is 0 Å². The second-order valence-corrected chi connectivity index (χ2v) is 8.05. The number of hydrogen-bond acceptors (Lipinski definition) is 4. The molecule has 0 bridgehead atoms. The summed E-state index contributed by atoms with van der Waals surface area (Å²) in [6.07, 6.45) is 4.66. The average molecular weight is 416 g/mol. The summed E-state index contributed by atoms with van der Waals surface area (Å²) in [5.41, 5.74) is 1.15. The van der Waals surface area contributed by atoms with Crippen molar-refractivity contribution in [3.63, 3.8) is 0 Å². The lowest BCUT2D eigenvalue weighted by atomic mass is 10.1. The molecule has 0 radical (unpaired) electrons. The number of aliphatic imine (C=N–C) groups is 1. The molecule has 0 saturated carbocycles. The Morgan fingerprint density at radius 2 is 2.13 bits per heavy atom. The van der Waals surface area contributed by atoms with Crippen LogP contribution < -0.4 is 20.3 Å². The van der Waals surface area contributed by atoms with Crippen LogP contribution in [-0.4, -0.2) is 68.7 Å². The largest absolute Gasteiger partial charge is 0.495 e. The number of carbonyl (C=O) groups excluding carboxylic acids is 1. The van der Waals surface area contributed by atoms with Crippen LogP contribution in [0, 0.1) is 0 Å². The molecule has 1 amide bonds. The Bertz CT molecular complexity index is 723. The quantitative estimate of drug-likeness (QED) is 0.479. The maximum absolute atomic E-state index is 12.0. The van der Waals surface area contributed by atoms with Gasteiger partial charge < -0.3 is 25.2 Å². The van der Waals surface area contributed by atoms with E-state index in [1.165, 1.54) is 0 Å². The summed E-state index contributed by atoms with van der Waals surface area (Å²) in [6.45, 7) is 8.62. The summed E-state index contributed by atoms with van der Waals surface area (Å²) in [5.74, 6) is 2.09. The highest BCUT2D eigenvalue weighted by molar-refractivity contribution is 5.80. The van der Waals surface area contributed by atoms with Gasteiger partial charge in [0.15, 0.2) is 5.96 Å². The molecule has 2 unspecified atom stereocenters. The van der Waals surface area contributed by atoms with Gasteiger partial charge in [-0.2, -0.15) is 0 Å². The van der Waals surface area contributed by atoms with Crippen LogP contribution in [0.3, 0.4) is 0 Å². The molecule has 7 heteroatoms. The van der Waals surface area contributed by atoms with Gasteiger partial charge in [-0.25, -0.2) is 0 Å². The van der Waals surface area contributed by atoms with Gasteiger partial charge in [-0.3, -0.25) is 9.79 Å². The van der Waals surface area contributed by atoms with Gasteiger partial charge >= 0.3 is 0 Å². The first kappa shape index (κ1) is 22.2. The number of methoxy groups -OCH3 is 1. The maximum Gasteiger partial charge on any atom is 0.222 e. The second-order valence-electron chi connectivity index (χ2n) is 8.05. The Balaban J connectivity index is 1.54. The standard InChI is InChI=1S/C23H37N5O2/c1-4-19(28-15-8-11-22(28)29)12-14-25-23(24-5-2)26-18-13-16-27(17-18)20-9-6-7-10-21(20)30-3/h6-7,9-10,18-19H,4-5,8,11-17H2,1-3H3,(H2,24,25,26). The number of para-hydroxylation sites is 2. The van der Waals surface area contributed by atoms with Crippen LogP contribution in [0.5, 0.6) is 5.75 Å². The molecule has 0 aromatic heterocycles. The van der Waals surface area contributed by atoms with Crippen LogP contribution in [-0.2, 0) is 4.79 Å². The highest BCUT2D eigenvalue weighted by Gasteiger charge is 2.27. The summed E-state index contributed by atoms with van der Waals surface area (Å²) in [7, 11) is 1.72. The third kappa shape index (κ3) is 5.58. The van der Waals surface area contributed by atoms with Gasteiger partial charge in [-0.1, -0.05) is 19.1 Å². The van der Waals surface area contributed by atoms with Crippen molar-refractivity contribution >= 4 is 17.6 Å². The predicted octanol–water partition coefficient (Wildman–Crippen LogP) is 2.62. The van der Waals surface area contributed by atoms with Crippen molar-refractivity contribution in [2.45, 2.75) is 58.0 Å². The number of likely N-dealkylation sites (tertiary alicyclic amines) is 1. The molecule has 2 saturated heterocycles. The molecule has 1 aromatic rings. The van der Waals surface area contributed by atoms with Crippen molar-refractivity contribution in [2.24, 2.45) is 4.99 Å². The number of hydrogen-bond donors (Lipinski definition) is 2. The molecular formula is C23H37N5O2. The van der Waals surface area contributed by atoms with E-state index in [9.17, 15) is 4.79 Å². The van der Waals surface area contributed by atoms with Gasteiger partial charge in [-0.05, 0) is 44.7 Å². The third-order valence-corrected chi connectivity index (χ3v) is 6.05. The van der Waals surface area contributed by atoms with E-state index in [1.54, 1.807) is 7.11 Å². The van der Waals surface area contributed by atoms with E-state index in [0.29, 0.717) is 24.4 Å². The fourth-order valence-electron chi connectivity index (χ4n) is 4.46. The van der Waals surface area contributed by atoms with E-state index in [-0.39, 0.29) is 0 Å². The molecule has 2 heterocycles. The van der Waals surface area contributed by atoms with Gasteiger partial charge in [0.05, 0.1) is 12.8 Å². The summed E-state index contributed by atoms with van der Waals surface area (Å²) >= 11 is 0. The molecule has 2 fully saturated rings. The lowest BCUT2D eigenvalue weighted by molar-refractivity contribution is -0.129. The summed E-state index contributed by atoms with van der Waals surface area (Å²) in [5, 5.41) is 6.97. The van der Waals surface area contributed by atoms with Crippen LogP contribution in [0.25, 0.3) is 0 Å². The van der Waals surface area contributed by atoms with Crippen molar-refractivity contribution in [3.8, 4) is 5.75 Å². The molecule has 30 heavy (non-hydrogen) atoms. The van der Waals surface area contributed by atoms with Gasteiger partial charge in [0.25, 0.3) is 0 Å². The number of guanidine groups is 1. The Morgan fingerprint density at radius 3 is 2.83 bits per heavy atom. The molecule has 2 aliphatic rings. The van der Waals surface area contributed by atoms with Crippen molar-refractivity contribution < 1.29 is 9.53 Å². The van der Waals surface area contributed by atoms with E-state index in [1.807, 2.05) is 12.1 Å². The number of rotatable bonds is 9. The predicted molar refractivity (Wildman–Crippen MR) is 122 cm³/mol. The Morgan fingerprint density at radius 1 is 1.30 bits per heavy atom. The molecular weight excluding hydrogens is 378 g/mol. The normalized spacial score (nSPS) is 20.6. The van der Waals surface area contributed by atoms with Crippen LogP contribution >= 0.6 is 0 Å². The number of nitrogens with one attached hydrogen (secondary N) is 2. The fraction of sp³-hybridized carbons (Fsp3) is 0.652. The molecule has 166 valence electrons. The SMILES string of the molecule is CCNC(=NCCC(CC)N1CCCC1=O)NC1CCN(c2ccccc2OC)C1. The van der Waals surface area contributed by atoms with Crippen LogP contribution in [0.2, 0.25) is 0 Å². The Hall–Kier alpha value is -2.44. The minimum absolute atomic E-state index is 0.304. The molecule has 7 nitrogen and oxygen atoms in total. The average Bonchev–Trinajstić information content (AvgIpc) is 3.40. The lowest BCUT2D eigenvalue weighted by Gasteiger charge is -2.26. The molecule has 0 spiro atoms. The Kier molecular flexibility index (Phi) is 8.22. The molecule has 3 rings (SSSR count). The van der Waals surface area contributed by atoms with Crippen LogP contribution in [0.15, 0.2) is 29.3 Å². The number of carbonyl (C=O) groups is 1. The van der Waals surface area contributed by atoms with Crippen molar-refractivity contribution in [1.29, 1.82) is 0 Å². The van der Waals surface area contributed by atoms with E-state index in [0.717, 1.165) is 75.8 Å². The fourth-order valence-corrected chi connectivity index (χ4v) is 4.46. The number of amides is 1. The smallest absolute Gasteiger partial charge is 0.222 e. The zero-order valence-corrected chi connectivity index (χ0v) is 18.7. The summed E-state index contributed by atoms with van der Waals surface area (Å²) < 4.78 is 5.52. The number of ether oxygens (including phenoxy) is 1. The topological polar surface area (TPSA) is 69.2 Å². The third-order valence-electron chi connectivity index (χ3n) is 6.05. The minimum Gasteiger partial charge on any atom is -0.495 e. The number of anilines is 1. The molecule has 2 atom stereocenters. The van der Waals surface area contributed by atoms with Gasteiger partial charge in [0.1, 0.15) is 5.75 Å². The Labute approximate surface area is 180 Å². The molecule has 1 aromatic carbocycles. The monoisotopic (exact) mass is 415 g/mol. The van der Waals surface area contributed by atoms with Gasteiger partial charge in [0, 0.05) is 51.2 Å². The highest BCUT2D eigenvalue weighted by atomic mass is 16.5. The number of benzene rings is 1. The van der Waals surface area contributed by atoms with Crippen molar-refractivity contribution in [1.82, 2.24) is 15.5 Å². The lowest BCUT2D eigenvalue weighted by Crippen LogP contribution is -2.45. The van der Waals surface area contributed by atoms with E-state index in [4.69, 9.17) is 9.73 Å². The van der Waals surface area contributed by atoms with E-state index >= 15 is 0 Å². The highest BCUT2D eigenvalue weighted by Crippen LogP contribution is 2.30. The second kappa shape index (κ2) is 11.1. The van der Waals surface area contributed by atoms with Crippen molar-refractivity contribution in [2.75, 3.05) is 44.7 Å². The minimum atomic E-state index is 0.304. The van der Waals surface area contributed by atoms with Crippen LogP contribution in [0.4, 0.5) is 5.69 Å². The maximum atomic E-state index is 12.0. The molecule has 0 aliphatic carbocycles.